The maximum Gasteiger partial charge on any atom is 0.226 e. The minimum Gasteiger partial charge on any atom is -0.492 e. The van der Waals surface area contributed by atoms with Gasteiger partial charge in [0.15, 0.2) is 0 Å². The molecule has 1 amide bonds. The minimum absolute atomic E-state index is 0.0588. The van der Waals surface area contributed by atoms with E-state index >= 15 is 0 Å². The van der Waals surface area contributed by atoms with Crippen molar-refractivity contribution in [2.75, 3.05) is 19.8 Å². The molecule has 0 aliphatic carbocycles. The molecule has 2 rings (SSSR count). The zero-order valence-electron chi connectivity index (χ0n) is 12.7. The number of aliphatic hydroxyl groups excluding tert-OH is 1. The molecule has 21 heavy (non-hydrogen) atoms. The molecule has 0 fully saturated rings. The van der Waals surface area contributed by atoms with Crippen molar-refractivity contribution < 1.29 is 14.6 Å². The molecular weight excluding hydrogens is 266 g/mol. The highest BCUT2D eigenvalue weighted by atomic mass is 16.5. The highest BCUT2D eigenvalue weighted by Gasteiger charge is 2.25. The number of fused-ring (bicyclic) bond motifs is 1. The van der Waals surface area contributed by atoms with Crippen LogP contribution in [-0.2, 0) is 11.2 Å². The molecule has 1 aliphatic heterocycles. The lowest BCUT2D eigenvalue weighted by atomic mass is 9.95. The molecule has 0 aromatic heterocycles. The van der Waals surface area contributed by atoms with Crippen LogP contribution in [-0.4, -0.2) is 30.8 Å². The Kier molecular flexibility index (Phi) is 6.05. The van der Waals surface area contributed by atoms with E-state index in [1.807, 2.05) is 24.3 Å². The van der Waals surface area contributed by atoms with Crippen molar-refractivity contribution >= 4 is 5.91 Å². The van der Waals surface area contributed by atoms with Crippen molar-refractivity contribution in [3.63, 3.8) is 0 Å². The molecule has 2 N–H and O–H groups in total. The molecule has 1 aliphatic rings. The molecule has 0 spiro atoms. The first kappa shape index (κ1) is 15.8. The second-order valence-electron chi connectivity index (χ2n) is 5.73. The number of para-hydroxylation sites is 1. The van der Waals surface area contributed by atoms with Crippen LogP contribution in [0, 0.1) is 11.8 Å². The van der Waals surface area contributed by atoms with E-state index in [2.05, 4.69) is 12.2 Å². The lowest BCUT2D eigenvalue weighted by Gasteiger charge is -2.25. The maximum atomic E-state index is 12.3. The van der Waals surface area contributed by atoms with Gasteiger partial charge in [-0.25, -0.2) is 0 Å². The fourth-order valence-corrected chi connectivity index (χ4v) is 2.82. The minimum atomic E-state index is -0.115. The van der Waals surface area contributed by atoms with Gasteiger partial charge in [-0.05, 0) is 36.8 Å². The molecule has 1 aromatic carbocycles. The van der Waals surface area contributed by atoms with Crippen LogP contribution < -0.4 is 10.1 Å². The Morgan fingerprint density at radius 2 is 2.24 bits per heavy atom. The predicted molar refractivity (Wildman–Crippen MR) is 82.2 cm³/mol. The van der Waals surface area contributed by atoms with Crippen molar-refractivity contribution in [1.82, 2.24) is 5.32 Å². The van der Waals surface area contributed by atoms with Gasteiger partial charge in [0.05, 0.1) is 5.92 Å². The second-order valence-corrected chi connectivity index (χ2v) is 5.73. The lowest BCUT2D eigenvalue weighted by molar-refractivity contribution is -0.126. The van der Waals surface area contributed by atoms with Gasteiger partial charge >= 0.3 is 0 Å². The summed E-state index contributed by atoms with van der Waals surface area (Å²) in [6.07, 6.45) is 3.59. The van der Waals surface area contributed by atoms with Crippen molar-refractivity contribution in [3.05, 3.63) is 29.8 Å². The van der Waals surface area contributed by atoms with Gasteiger partial charge < -0.3 is 15.2 Å². The number of aliphatic hydroxyl groups is 1. The lowest BCUT2D eigenvalue weighted by Crippen LogP contribution is -2.39. The highest BCUT2D eigenvalue weighted by molar-refractivity contribution is 5.79. The summed E-state index contributed by atoms with van der Waals surface area (Å²) >= 11 is 0. The summed E-state index contributed by atoms with van der Waals surface area (Å²) in [6, 6.07) is 7.88. The Labute approximate surface area is 126 Å². The zero-order valence-corrected chi connectivity index (χ0v) is 12.7. The average Bonchev–Trinajstić information content (AvgIpc) is 2.52. The van der Waals surface area contributed by atoms with E-state index in [4.69, 9.17) is 9.84 Å². The quantitative estimate of drug-likeness (QED) is 0.809. The predicted octanol–water partition coefficient (Wildman–Crippen LogP) is 2.15. The third kappa shape index (κ3) is 4.46. The van der Waals surface area contributed by atoms with Gasteiger partial charge in [0.25, 0.3) is 0 Å². The monoisotopic (exact) mass is 291 g/mol. The van der Waals surface area contributed by atoms with Crippen LogP contribution in [0.25, 0.3) is 0 Å². The number of ether oxygens (including phenoxy) is 1. The number of amides is 1. The molecule has 2 atom stereocenters. The van der Waals surface area contributed by atoms with Crippen LogP contribution in [0.3, 0.4) is 0 Å². The molecule has 4 heteroatoms. The van der Waals surface area contributed by atoms with Crippen molar-refractivity contribution in [2.24, 2.45) is 11.8 Å². The summed E-state index contributed by atoms with van der Waals surface area (Å²) in [5.74, 6) is 1.20. The number of carbonyl (C=O) groups excluding carboxylic acids is 1. The van der Waals surface area contributed by atoms with E-state index in [9.17, 15) is 4.79 Å². The molecule has 0 radical (unpaired) electrons. The SMILES string of the molecule is CCCC(CCO)CNC(=O)C1COc2ccccc2C1. The summed E-state index contributed by atoms with van der Waals surface area (Å²) in [7, 11) is 0. The van der Waals surface area contributed by atoms with Crippen LogP contribution in [0.4, 0.5) is 0 Å². The van der Waals surface area contributed by atoms with Gasteiger partial charge in [-0.15, -0.1) is 0 Å². The average molecular weight is 291 g/mol. The van der Waals surface area contributed by atoms with Crippen LogP contribution >= 0.6 is 0 Å². The highest BCUT2D eigenvalue weighted by Crippen LogP contribution is 2.26. The van der Waals surface area contributed by atoms with E-state index < -0.39 is 0 Å². The van der Waals surface area contributed by atoms with Crippen LogP contribution in [0.1, 0.15) is 31.7 Å². The largest absolute Gasteiger partial charge is 0.492 e. The smallest absolute Gasteiger partial charge is 0.226 e. The second kappa shape index (κ2) is 8.03. The van der Waals surface area contributed by atoms with Gasteiger partial charge in [-0.3, -0.25) is 4.79 Å². The van der Waals surface area contributed by atoms with E-state index in [1.54, 1.807) is 0 Å². The van der Waals surface area contributed by atoms with E-state index in [1.165, 1.54) is 0 Å². The number of nitrogens with one attached hydrogen (secondary N) is 1. The standard InChI is InChI=1S/C17H25NO3/c1-2-5-13(8-9-19)11-18-17(20)15-10-14-6-3-4-7-16(14)21-12-15/h3-4,6-7,13,15,19H,2,5,8-12H2,1H3,(H,18,20). The number of hydrogen-bond acceptors (Lipinski definition) is 3. The Balaban J connectivity index is 1.84. The fourth-order valence-electron chi connectivity index (χ4n) is 2.82. The van der Waals surface area contributed by atoms with Crippen LogP contribution in [0.5, 0.6) is 5.75 Å². The number of rotatable bonds is 7. The van der Waals surface area contributed by atoms with E-state index in [0.29, 0.717) is 19.1 Å². The van der Waals surface area contributed by atoms with Gasteiger partial charge in [-0.1, -0.05) is 31.5 Å². The fraction of sp³-hybridized carbons (Fsp3) is 0.588. The van der Waals surface area contributed by atoms with Crippen molar-refractivity contribution in [1.29, 1.82) is 0 Å². The Bertz CT molecular complexity index is 455. The molecule has 116 valence electrons. The number of hydrogen-bond donors (Lipinski definition) is 2. The Morgan fingerprint density at radius 3 is 3.00 bits per heavy atom. The van der Waals surface area contributed by atoms with Gasteiger partial charge in [0.2, 0.25) is 5.91 Å². The number of benzene rings is 1. The van der Waals surface area contributed by atoms with Crippen LogP contribution in [0.15, 0.2) is 24.3 Å². The first-order valence-electron chi connectivity index (χ1n) is 7.83. The molecule has 0 saturated heterocycles. The maximum absolute atomic E-state index is 12.3. The molecule has 0 saturated carbocycles. The molecule has 2 unspecified atom stereocenters. The first-order chi connectivity index (χ1) is 10.2. The number of carbonyl (C=O) groups is 1. The summed E-state index contributed by atoms with van der Waals surface area (Å²) in [5.41, 5.74) is 1.10. The van der Waals surface area contributed by atoms with Gasteiger partial charge in [-0.2, -0.15) is 0 Å². The normalized spacial score (nSPS) is 18.5. The zero-order chi connectivity index (χ0) is 15.1. The topological polar surface area (TPSA) is 58.6 Å². The van der Waals surface area contributed by atoms with Gasteiger partial charge in [0, 0.05) is 13.2 Å². The summed E-state index contributed by atoms with van der Waals surface area (Å²) < 4.78 is 5.66. The first-order valence-corrected chi connectivity index (χ1v) is 7.83. The van der Waals surface area contributed by atoms with Crippen LogP contribution in [0.2, 0.25) is 0 Å². The molecule has 0 bridgehead atoms. The van der Waals surface area contributed by atoms with Crippen molar-refractivity contribution in [3.8, 4) is 5.75 Å². The summed E-state index contributed by atoms with van der Waals surface area (Å²) in [6.45, 7) is 3.39. The molecule has 1 heterocycles. The van der Waals surface area contributed by atoms with Crippen molar-refractivity contribution in [2.45, 2.75) is 32.6 Å². The third-order valence-corrected chi connectivity index (χ3v) is 4.05. The summed E-state index contributed by atoms with van der Waals surface area (Å²) in [4.78, 5) is 12.3. The summed E-state index contributed by atoms with van der Waals surface area (Å²) in [5, 5.41) is 12.1. The molecule has 1 aromatic rings. The van der Waals surface area contributed by atoms with Gasteiger partial charge in [0.1, 0.15) is 12.4 Å². The third-order valence-electron chi connectivity index (χ3n) is 4.05. The van der Waals surface area contributed by atoms with E-state index in [0.717, 1.165) is 37.0 Å². The molecule has 4 nitrogen and oxygen atoms in total. The molecular formula is C17H25NO3. The van der Waals surface area contributed by atoms with E-state index in [-0.39, 0.29) is 18.4 Å². The Morgan fingerprint density at radius 1 is 1.43 bits per heavy atom. The Hall–Kier alpha value is -1.55.